The molecule has 0 radical (unpaired) electrons. The smallest absolute Gasteiger partial charge is 0.0468 e. The summed E-state index contributed by atoms with van der Waals surface area (Å²) in [4.78, 5) is 4.64. The number of aryl methyl sites for hydroxylation is 4. The van der Waals surface area contributed by atoms with E-state index in [1.165, 1.54) is 49.7 Å². The third-order valence-corrected chi connectivity index (χ3v) is 10.1. The van der Waals surface area contributed by atoms with Crippen molar-refractivity contribution in [2.24, 2.45) is 0 Å². The molecule has 0 unspecified atom stereocenters. The van der Waals surface area contributed by atoms with Gasteiger partial charge in [0, 0.05) is 34.1 Å². The molecule has 8 rings (SSSR count). The molecule has 0 bridgehead atoms. The van der Waals surface area contributed by atoms with E-state index < -0.39 is 0 Å². The molecule has 0 aromatic heterocycles. The van der Waals surface area contributed by atoms with Crippen LogP contribution in [0.1, 0.15) is 33.4 Å². The minimum Gasteiger partial charge on any atom is -0.311 e. The van der Waals surface area contributed by atoms with Crippen molar-refractivity contribution in [3.05, 3.63) is 215 Å². The Labute approximate surface area is 319 Å². The second kappa shape index (κ2) is 15.1. The second-order valence-corrected chi connectivity index (χ2v) is 14.3. The fraction of sp³-hybridized carbons (Fsp3) is 0.0769. The SMILES string of the molecule is Cc1ccc(N(c2ccc(C)cc2)c2ccc(/C=C/c3ccc(-c4ccc5cc(N(c6ccc(C)cc6)c6ccc(C)cc6)ccc5c4)cc3)cc2)cc1. The molecule has 0 aliphatic heterocycles. The van der Waals surface area contributed by atoms with E-state index in [-0.39, 0.29) is 0 Å². The fourth-order valence-electron chi connectivity index (χ4n) is 6.94. The van der Waals surface area contributed by atoms with Gasteiger partial charge in [0.05, 0.1) is 0 Å². The number of nitrogens with zero attached hydrogens (tertiary/aromatic N) is 2. The van der Waals surface area contributed by atoms with Crippen LogP contribution >= 0.6 is 0 Å². The van der Waals surface area contributed by atoms with Crippen LogP contribution in [0.5, 0.6) is 0 Å². The Morgan fingerprint density at radius 1 is 0.278 bits per heavy atom. The lowest BCUT2D eigenvalue weighted by atomic mass is 9.99. The molecule has 0 fully saturated rings. The van der Waals surface area contributed by atoms with Crippen LogP contribution in [0.15, 0.2) is 182 Å². The van der Waals surface area contributed by atoms with E-state index in [0.717, 1.165) is 39.7 Å². The summed E-state index contributed by atoms with van der Waals surface area (Å²) >= 11 is 0. The molecular weight excluding hydrogens is 653 g/mol. The number of fused-ring (bicyclic) bond motifs is 1. The van der Waals surface area contributed by atoms with Gasteiger partial charge >= 0.3 is 0 Å². The first-order chi connectivity index (χ1) is 26.4. The minimum absolute atomic E-state index is 1.13. The highest BCUT2D eigenvalue weighted by atomic mass is 15.1. The molecule has 0 aliphatic carbocycles. The topological polar surface area (TPSA) is 6.48 Å². The lowest BCUT2D eigenvalue weighted by Gasteiger charge is -2.26. The molecule has 2 heteroatoms. The quantitative estimate of drug-likeness (QED) is 0.139. The van der Waals surface area contributed by atoms with E-state index in [2.05, 4.69) is 232 Å². The molecule has 2 nitrogen and oxygen atoms in total. The van der Waals surface area contributed by atoms with Crippen molar-refractivity contribution in [2.75, 3.05) is 9.80 Å². The molecule has 0 saturated carbocycles. The first-order valence-electron chi connectivity index (χ1n) is 18.7. The Hall–Kier alpha value is -6.64. The van der Waals surface area contributed by atoms with Gasteiger partial charge in [0.2, 0.25) is 0 Å². The summed E-state index contributed by atoms with van der Waals surface area (Å²) in [7, 11) is 0. The van der Waals surface area contributed by atoms with Crippen molar-refractivity contribution in [3.63, 3.8) is 0 Å². The molecule has 8 aromatic carbocycles. The first kappa shape index (κ1) is 34.4. The van der Waals surface area contributed by atoms with Crippen LogP contribution < -0.4 is 9.80 Å². The Bertz CT molecular complexity index is 2440. The summed E-state index contributed by atoms with van der Waals surface area (Å²) in [6, 6.07) is 66.1. The lowest BCUT2D eigenvalue weighted by molar-refractivity contribution is 1.27. The van der Waals surface area contributed by atoms with Crippen LogP contribution in [0.25, 0.3) is 34.1 Å². The Morgan fingerprint density at radius 3 is 1.00 bits per heavy atom. The lowest BCUT2D eigenvalue weighted by Crippen LogP contribution is -2.09. The summed E-state index contributed by atoms with van der Waals surface area (Å²) in [6.45, 7) is 8.51. The maximum absolute atomic E-state index is 2.33. The summed E-state index contributed by atoms with van der Waals surface area (Å²) in [5.74, 6) is 0. The number of hydrogen-bond acceptors (Lipinski definition) is 2. The van der Waals surface area contributed by atoms with E-state index in [9.17, 15) is 0 Å². The maximum Gasteiger partial charge on any atom is 0.0468 e. The van der Waals surface area contributed by atoms with Gasteiger partial charge in [0.1, 0.15) is 0 Å². The molecule has 0 amide bonds. The second-order valence-electron chi connectivity index (χ2n) is 14.3. The zero-order valence-electron chi connectivity index (χ0n) is 31.4. The van der Waals surface area contributed by atoms with E-state index in [1.807, 2.05) is 0 Å². The summed E-state index contributed by atoms with van der Waals surface area (Å²) in [6.07, 6.45) is 4.37. The van der Waals surface area contributed by atoms with E-state index in [1.54, 1.807) is 0 Å². The molecule has 0 spiro atoms. The molecule has 0 atom stereocenters. The van der Waals surface area contributed by atoms with Crippen LogP contribution in [0.4, 0.5) is 34.1 Å². The fourth-order valence-corrected chi connectivity index (χ4v) is 6.94. The number of hydrogen-bond donors (Lipinski definition) is 0. The van der Waals surface area contributed by atoms with Gasteiger partial charge in [-0.1, -0.05) is 138 Å². The van der Waals surface area contributed by atoms with Crippen molar-refractivity contribution in [2.45, 2.75) is 27.7 Å². The van der Waals surface area contributed by atoms with Crippen molar-refractivity contribution < 1.29 is 0 Å². The average Bonchev–Trinajstić information content (AvgIpc) is 3.20. The van der Waals surface area contributed by atoms with Crippen LogP contribution in [0, 0.1) is 27.7 Å². The highest BCUT2D eigenvalue weighted by molar-refractivity contribution is 5.92. The molecule has 0 heterocycles. The zero-order valence-corrected chi connectivity index (χ0v) is 31.4. The van der Waals surface area contributed by atoms with Crippen molar-refractivity contribution in [1.29, 1.82) is 0 Å². The molecule has 0 N–H and O–H groups in total. The van der Waals surface area contributed by atoms with Gasteiger partial charge in [-0.2, -0.15) is 0 Å². The van der Waals surface area contributed by atoms with Crippen LogP contribution in [-0.4, -0.2) is 0 Å². The predicted molar refractivity (Wildman–Crippen MR) is 233 cm³/mol. The van der Waals surface area contributed by atoms with E-state index >= 15 is 0 Å². The third kappa shape index (κ3) is 7.60. The largest absolute Gasteiger partial charge is 0.311 e. The molecule has 262 valence electrons. The number of benzene rings is 8. The van der Waals surface area contributed by atoms with Gasteiger partial charge in [-0.15, -0.1) is 0 Å². The summed E-state index contributed by atoms with van der Waals surface area (Å²) < 4.78 is 0. The van der Waals surface area contributed by atoms with Gasteiger partial charge in [0.15, 0.2) is 0 Å². The Kier molecular flexibility index (Phi) is 9.66. The predicted octanol–water partition coefficient (Wildman–Crippen LogP) is 14.9. The van der Waals surface area contributed by atoms with Crippen molar-refractivity contribution in [3.8, 4) is 11.1 Å². The summed E-state index contributed by atoms with van der Waals surface area (Å²) in [5.41, 5.74) is 16.6. The minimum atomic E-state index is 1.13. The molecule has 0 saturated heterocycles. The monoisotopic (exact) mass is 696 g/mol. The third-order valence-electron chi connectivity index (χ3n) is 10.1. The summed E-state index contributed by atoms with van der Waals surface area (Å²) in [5, 5.41) is 2.44. The molecule has 8 aromatic rings. The normalized spacial score (nSPS) is 11.3. The Morgan fingerprint density at radius 2 is 0.574 bits per heavy atom. The number of rotatable bonds is 9. The van der Waals surface area contributed by atoms with Crippen molar-refractivity contribution in [1.82, 2.24) is 0 Å². The van der Waals surface area contributed by atoms with Crippen LogP contribution in [0.3, 0.4) is 0 Å². The Balaban J connectivity index is 0.996. The van der Waals surface area contributed by atoms with Gasteiger partial charge in [-0.3, -0.25) is 0 Å². The van der Waals surface area contributed by atoms with Gasteiger partial charge < -0.3 is 9.80 Å². The standard InChI is InChI=1S/C52H44N2/c1-37-5-24-47(25-6-37)53(48-26-7-38(2)8-27-48)51-32-17-42(18-33-51)14-13-41-15-19-43(20-16-41)44-21-22-46-36-52(34-23-45(46)35-44)54(49-28-9-39(3)10-29-49)50-30-11-40(4)12-31-50/h5-36H,1-4H3/b14-13+. The van der Waals surface area contributed by atoms with Gasteiger partial charge in [-0.05, 0) is 140 Å². The van der Waals surface area contributed by atoms with Crippen LogP contribution in [0.2, 0.25) is 0 Å². The molecule has 54 heavy (non-hydrogen) atoms. The van der Waals surface area contributed by atoms with Crippen molar-refractivity contribution >= 4 is 57.0 Å². The highest BCUT2D eigenvalue weighted by Gasteiger charge is 2.14. The highest BCUT2D eigenvalue weighted by Crippen LogP contribution is 2.38. The number of anilines is 6. The molecular formula is C52H44N2. The first-order valence-corrected chi connectivity index (χ1v) is 18.7. The van der Waals surface area contributed by atoms with E-state index in [0.29, 0.717) is 0 Å². The van der Waals surface area contributed by atoms with Gasteiger partial charge in [0.25, 0.3) is 0 Å². The zero-order chi connectivity index (χ0) is 37.0. The van der Waals surface area contributed by atoms with Crippen LogP contribution in [-0.2, 0) is 0 Å². The van der Waals surface area contributed by atoms with E-state index in [4.69, 9.17) is 0 Å². The van der Waals surface area contributed by atoms with Gasteiger partial charge in [-0.25, -0.2) is 0 Å². The maximum atomic E-state index is 2.33. The average molecular weight is 697 g/mol. The molecule has 0 aliphatic rings.